The lowest BCUT2D eigenvalue weighted by atomic mass is 9.97. The molecule has 192 valence electrons. The quantitative estimate of drug-likeness (QED) is 0.342. The highest BCUT2D eigenvalue weighted by molar-refractivity contribution is 6.32. The van der Waals surface area contributed by atoms with E-state index in [-0.39, 0.29) is 16.8 Å². The van der Waals surface area contributed by atoms with Crippen molar-refractivity contribution in [3.8, 4) is 16.9 Å². The molecule has 0 saturated carbocycles. The molecule has 0 bridgehead atoms. The summed E-state index contributed by atoms with van der Waals surface area (Å²) in [5.41, 5.74) is 5.47. The molecule has 2 aliphatic heterocycles. The SMILES string of the molecule is CC(=O)c1cnc2ccc(-c3cc(F)c(O)c(Cl)c3)cc2c1NC1C=NC(C)=C(CCN2CCCC2)C1. The number of anilines is 1. The van der Waals surface area contributed by atoms with Crippen molar-refractivity contribution in [1.29, 1.82) is 0 Å². The van der Waals surface area contributed by atoms with E-state index in [2.05, 4.69) is 27.1 Å². The Labute approximate surface area is 220 Å². The van der Waals surface area contributed by atoms with Gasteiger partial charge in [0.15, 0.2) is 17.3 Å². The number of nitrogens with zero attached hydrogens (tertiary/aromatic N) is 3. The third-order valence-corrected chi connectivity index (χ3v) is 7.57. The number of carbonyl (C=O) groups is 1. The van der Waals surface area contributed by atoms with Gasteiger partial charge in [-0.15, -0.1) is 0 Å². The molecular formula is C29H30ClFN4O2. The lowest BCUT2D eigenvalue weighted by Crippen LogP contribution is -2.27. The van der Waals surface area contributed by atoms with Crippen LogP contribution < -0.4 is 5.32 Å². The molecule has 3 aromatic rings. The van der Waals surface area contributed by atoms with E-state index in [0.29, 0.717) is 27.9 Å². The number of fused-ring (bicyclic) bond motifs is 1. The number of aromatic nitrogens is 1. The minimum absolute atomic E-state index is 0.0638. The molecule has 6 nitrogen and oxygen atoms in total. The van der Waals surface area contributed by atoms with Crippen molar-refractivity contribution < 1.29 is 14.3 Å². The number of aromatic hydroxyl groups is 1. The average Bonchev–Trinajstić information content (AvgIpc) is 3.40. The Kier molecular flexibility index (Phi) is 7.26. The van der Waals surface area contributed by atoms with Crippen LogP contribution in [-0.4, -0.2) is 52.7 Å². The Morgan fingerprint density at radius 2 is 2.00 bits per heavy atom. The summed E-state index contributed by atoms with van der Waals surface area (Å²) >= 11 is 6.03. The largest absolute Gasteiger partial charge is 0.504 e. The van der Waals surface area contributed by atoms with Gasteiger partial charge in [0.1, 0.15) is 0 Å². The number of pyridine rings is 1. The highest BCUT2D eigenvalue weighted by atomic mass is 35.5. The Morgan fingerprint density at radius 1 is 1.22 bits per heavy atom. The Balaban J connectivity index is 1.47. The summed E-state index contributed by atoms with van der Waals surface area (Å²) in [6, 6.07) is 8.20. The van der Waals surface area contributed by atoms with Crippen LogP contribution in [0.25, 0.3) is 22.0 Å². The fourth-order valence-corrected chi connectivity index (χ4v) is 5.35. The zero-order valence-corrected chi connectivity index (χ0v) is 21.8. The van der Waals surface area contributed by atoms with Gasteiger partial charge in [-0.25, -0.2) is 4.39 Å². The molecule has 3 heterocycles. The van der Waals surface area contributed by atoms with Gasteiger partial charge in [-0.1, -0.05) is 17.7 Å². The molecular weight excluding hydrogens is 491 g/mol. The molecule has 0 radical (unpaired) electrons. The van der Waals surface area contributed by atoms with Gasteiger partial charge in [0.05, 0.1) is 27.8 Å². The summed E-state index contributed by atoms with van der Waals surface area (Å²) in [7, 11) is 0. The van der Waals surface area contributed by atoms with E-state index in [0.717, 1.165) is 30.5 Å². The molecule has 8 heteroatoms. The van der Waals surface area contributed by atoms with Gasteiger partial charge in [0.25, 0.3) is 0 Å². The second-order valence-electron chi connectivity index (χ2n) is 9.84. The van der Waals surface area contributed by atoms with Crippen LogP contribution >= 0.6 is 11.6 Å². The molecule has 5 rings (SSSR count). The van der Waals surface area contributed by atoms with Crippen LogP contribution in [0.3, 0.4) is 0 Å². The molecule has 1 saturated heterocycles. The molecule has 2 N–H and O–H groups in total. The van der Waals surface area contributed by atoms with Crippen LogP contribution in [-0.2, 0) is 0 Å². The van der Waals surface area contributed by atoms with Gasteiger partial charge in [0, 0.05) is 30.0 Å². The summed E-state index contributed by atoms with van der Waals surface area (Å²) in [6.07, 6.45) is 7.84. The van der Waals surface area contributed by atoms with Crippen LogP contribution in [0.2, 0.25) is 5.02 Å². The zero-order valence-electron chi connectivity index (χ0n) is 21.0. The maximum atomic E-state index is 14.2. The molecule has 1 aromatic heterocycles. The summed E-state index contributed by atoms with van der Waals surface area (Å²) in [5.74, 6) is -1.47. The molecule has 2 aliphatic rings. The van der Waals surface area contributed by atoms with Crippen molar-refractivity contribution in [2.24, 2.45) is 4.99 Å². The number of halogens is 2. The molecule has 0 aliphatic carbocycles. The van der Waals surface area contributed by atoms with Crippen LogP contribution in [0.5, 0.6) is 5.75 Å². The van der Waals surface area contributed by atoms with Crippen LogP contribution in [0.15, 0.2) is 52.8 Å². The van der Waals surface area contributed by atoms with Crippen molar-refractivity contribution in [2.45, 2.75) is 45.6 Å². The first-order valence-electron chi connectivity index (χ1n) is 12.6. The smallest absolute Gasteiger partial charge is 0.170 e. The van der Waals surface area contributed by atoms with Crippen LogP contribution in [0, 0.1) is 5.82 Å². The fraction of sp³-hybridized carbons (Fsp3) is 0.345. The molecule has 1 fully saturated rings. The first kappa shape index (κ1) is 25.4. The number of hydrogen-bond donors (Lipinski definition) is 2. The van der Waals surface area contributed by atoms with Gasteiger partial charge in [-0.05, 0) is 93.6 Å². The Morgan fingerprint density at radius 3 is 2.73 bits per heavy atom. The molecule has 1 unspecified atom stereocenters. The number of rotatable bonds is 7. The van der Waals surface area contributed by atoms with E-state index in [4.69, 9.17) is 11.6 Å². The maximum Gasteiger partial charge on any atom is 0.170 e. The van der Waals surface area contributed by atoms with E-state index in [1.165, 1.54) is 50.6 Å². The Hall–Kier alpha value is -3.29. The number of benzene rings is 2. The average molecular weight is 521 g/mol. The van der Waals surface area contributed by atoms with Gasteiger partial charge < -0.3 is 15.3 Å². The number of carbonyl (C=O) groups excluding carboxylic acids is 1. The van der Waals surface area contributed by atoms with E-state index >= 15 is 0 Å². The topological polar surface area (TPSA) is 77.8 Å². The monoisotopic (exact) mass is 520 g/mol. The fourth-order valence-electron chi connectivity index (χ4n) is 5.14. The van der Waals surface area contributed by atoms with Crippen molar-refractivity contribution in [3.63, 3.8) is 0 Å². The number of nitrogens with one attached hydrogen (secondary N) is 1. The van der Waals surface area contributed by atoms with Crippen LogP contribution in [0.1, 0.15) is 49.9 Å². The molecule has 2 aromatic carbocycles. The first-order valence-corrected chi connectivity index (χ1v) is 13.0. The number of likely N-dealkylation sites (tertiary alicyclic amines) is 1. The normalized spacial score (nSPS) is 18.1. The van der Waals surface area contributed by atoms with E-state index in [1.807, 2.05) is 24.4 Å². The van der Waals surface area contributed by atoms with Gasteiger partial charge >= 0.3 is 0 Å². The number of Topliss-reactive ketones (excluding diaryl/α,β-unsaturated/α-hetero) is 1. The van der Waals surface area contributed by atoms with E-state index in [1.54, 1.807) is 6.20 Å². The van der Waals surface area contributed by atoms with Crippen LogP contribution in [0.4, 0.5) is 10.1 Å². The van der Waals surface area contributed by atoms with Crippen molar-refractivity contribution in [1.82, 2.24) is 9.88 Å². The van der Waals surface area contributed by atoms with E-state index in [9.17, 15) is 14.3 Å². The number of phenolic OH excluding ortho intramolecular Hbond substituents is 1. The second kappa shape index (κ2) is 10.6. The molecule has 37 heavy (non-hydrogen) atoms. The maximum absolute atomic E-state index is 14.2. The number of hydrogen-bond acceptors (Lipinski definition) is 6. The highest BCUT2D eigenvalue weighted by Gasteiger charge is 2.21. The highest BCUT2D eigenvalue weighted by Crippen LogP contribution is 2.36. The molecule has 0 spiro atoms. The van der Waals surface area contributed by atoms with Gasteiger partial charge in [-0.3, -0.25) is 14.8 Å². The molecule has 0 amide bonds. The van der Waals surface area contributed by atoms with Crippen molar-refractivity contribution in [2.75, 3.05) is 25.0 Å². The zero-order chi connectivity index (χ0) is 26.1. The first-order chi connectivity index (χ1) is 17.8. The second-order valence-corrected chi connectivity index (χ2v) is 10.3. The summed E-state index contributed by atoms with van der Waals surface area (Å²) in [4.78, 5) is 24.2. The number of aliphatic imine (C=N–C) groups is 1. The summed E-state index contributed by atoms with van der Waals surface area (Å²) in [6.45, 7) is 6.96. The number of ketones is 1. The minimum Gasteiger partial charge on any atom is -0.504 e. The predicted octanol–water partition coefficient (Wildman–Crippen LogP) is 6.62. The lowest BCUT2D eigenvalue weighted by Gasteiger charge is -2.25. The Bertz CT molecular complexity index is 1410. The van der Waals surface area contributed by atoms with E-state index < -0.39 is 11.6 Å². The molecule has 1 atom stereocenters. The summed E-state index contributed by atoms with van der Waals surface area (Å²) < 4.78 is 14.2. The third kappa shape index (κ3) is 5.38. The third-order valence-electron chi connectivity index (χ3n) is 7.28. The van der Waals surface area contributed by atoms with Gasteiger partial charge in [0.2, 0.25) is 0 Å². The lowest BCUT2D eigenvalue weighted by molar-refractivity contribution is 0.101. The van der Waals surface area contributed by atoms with Gasteiger partial charge in [-0.2, -0.15) is 0 Å². The predicted molar refractivity (Wildman–Crippen MR) is 147 cm³/mol. The van der Waals surface area contributed by atoms with Crippen molar-refractivity contribution >= 4 is 40.2 Å². The van der Waals surface area contributed by atoms with Crippen molar-refractivity contribution in [3.05, 3.63) is 64.2 Å². The number of phenols is 1. The minimum atomic E-state index is -0.793. The summed E-state index contributed by atoms with van der Waals surface area (Å²) in [5, 5.41) is 14.0. The number of allylic oxidation sites excluding steroid dienone is 1. The standard InChI is InChI=1S/C29H30ClFN4O2/c1-17-19(7-10-35-8-3-4-9-35)11-22(15-32-17)34-28-23-12-20(21-13-25(30)29(37)26(31)14-21)5-6-27(23)33-16-24(28)18(2)36/h5-6,12-16,22,37H,3-4,7-11H2,1-2H3,(H,33,34).